The summed E-state index contributed by atoms with van der Waals surface area (Å²) < 4.78 is 7.02. The Hall–Kier alpha value is -0.153. The summed E-state index contributed by atoms with van der Waals surface area (Å²) >= 11 is 0. The molecule has 130 valence electrons. The van der Waals surface area contributed by atoms with Gasteiger partial charge in [-0.15, -0.1) is 0 Å². The first-order valence-electron chi connectivity index (χ1n) is 9.20. The molecular weight excluding hydrogens is 288 g/mol. The lowest BCUT2D eigenvalue weighted by Gasteiger charge is -2.55. The maximum Gasteiger partial charge on any atom is 0.204 e. The van der Waals surface area contributed by atoms with Gasteiger partial charge in [-0.05, 0) is 29.0 Å². The number of carbonyl (C=O) groups excluding carboxylic acids is 1. The van der Waals surface area contributed by atoms with Gasteiger partial charge in [0.15, 0.2) is 6.29 Å². The smallest absolute Gasteiger partial charge is 0.204 e. The molecule has 1 fully saturated rings. The van der Waals surface area contributed by atoms with Gasteiger partial charge >= 0.3 is 0 Å². The molecule has 0 atom stereocenters. The monoisotopic (exact) mass is 326 g/mol. The molecule has 0 aliphatic heterocycles. The Morgan fingerprint density at radius 3 is 1.86 bits per heavy atom. The van der Waals surface area contributed by atoms with E-state index in [4.69, 9.17) is 4.43 Å². The van der Waals surface area contributed by atoms with Crippen LogP contribution in [0.2, 0.25) is 16.1 Å². The highest BCUT2D eigenvalue weighted by Crippen LogP contribution is 2.56. The van der Waals surface area contributed by atoms with Crippen molar-refractivity contribution in [2.45, 2.75) is 115 Å². The van der Waals surface area contributed by atoms with Crippen LogP contribution in [0.3, 0.4) is 0 Å². The van der Waals surface area contributed by atoms with Crippen molar-refractivity contribution in [3.05, 3.63) is 0 Å². The van der Waals surface area contributed by atoms with Crippen LogP contribution in [-0.4, -0.2) is 20.2 Å². The van der Waals surface area contributed by atoms with Crippen molar-refractivity contribution in [3.8, 4) is 0 Å². The largest absolute Gasteiger partial charge is 0.404 e. The van der Waals surface area contributed by atoms with Gasteiger partial charge in [-0.25, -0.2) is 0 Å². The summed E-state index contributed by atoms with van der Waals surface area (Å²) in [6.07, 6.45) is 8.89. The lowest BCUT2D eigenvalue weighted by atomic mass is 9.86. The van der Waals surface area contributed by atoms with Crippen LogP contribution in [0.4, 0.5) is 0 Å². The molecule has 0 saturated heterocycles. The number of rotatable bonds is 6. The lowest BCUT2D eigenvalue weighted by molar-refractivity contribution is -0.125. The molecule has 0 amide bonds. The van der Waals surface area contributed by atoms with Crippen LogP contribution in [-0.2, 0) is 9.22 Å². The van der Waals surface area contributed by atoms with E-state index < -0.39 is 13.9 Å². The second kappa shape index (κ2) is 7.17. The third-order valence-corrected chi connectivity index (χ3v) is 12.3. The fourth-order valence-corrected chi connectivity index (χ4v) is 10.7. The number of aldehydes is 1. The third kappa shape index (κ3) is 4.03. The summed E-state index contributed by atoms with van der Waals surface area (Å²) in [5, 5.41) is 0.266. The zero-order valence-corrected chi connectivity index (χ0v) is 17.1. The van der Waals surface area contributed by atoms with Gasteiger partial charge in [0.05, 0.1) is 0 Å². The second-order valence-electron chi connectivity index (χ2n) is 9.28. The van der Waals surface area contributed by atoms with Gasteiger partial charge in [0.25, 0.3) is 0 Å². The minimum atomic E-state index is -2.13. The normalized spacial score (nSPS) is 20.0. The van der Waals surface area contributed by atoms with Crippen LogP contribution < -0.4 is 0 Å². The Bertz CT molecular complexity index is 343. The van der Waals surface area contributed by atoms with Crippen LogP contribution in [0.1, 0.15) is 93.4 Å². The van der Waals surface area contributed by atoms with Crippen molar-refractivity contribution in [1.29, 1.82) is 0 Å². The van der Waals surface area contributed by atoms with Crippen LogP contribution in [0.15, 0.2) is 0 Å². The molecule has 1 rings (SSSR count). The van der Waals surface area contributed by atoms with Crippen LogP contribution >= 0.6 is 0 Å². The molecule has 0 aromatic rings. The molecule has 0 bridgehead atoms. The number of hydrogen-bond donors (Lipinski definition) is 0. The molecule has 1 saturated carbocycles. The molecule has 1 aliphatic rings. The van der Waals surface area contributed by atoms with Crippen molar-refractivity contribution in [3.63, 3.8) is 0 Å². The molecule has 0 radical (unpaired) electrons. The first-order valence-corrected chi connectivity index (χ1v) is 11.3. The average Bonchev–Trinajstić information content (AvgIpc) is 2.42. The predicted octanol–water partition coefficient (Wildman–Crippen LogP) is 6.25. The first-order chi connectivity index (χ1) is 10.0. The summed E-state index contributed by atoms with van der Waals surface area (Å²) in [6.45, 7) is 16.3. The molecule has 0 heterocycles. The van der Waals surface area contributed by atoms with E-state index in [1.807, 2.05) is 0 Å². The van der Waals surface area contributed by atoms with Gasteiger partial charge < -0.3 is 9.22 Å². The zero-order chi connectivity index (χ0) is 17.1. The van der Waals surface area contributed by atoms with E-state index in [-0.39, 0.29) is 10.1 Å². The fraction of sp³-hybridized carbons (Fsp3) is 0.947. The van der Waals surface area contributed by atoms with Gasteiger partial charge in [-0.3, -0.25) is 0 Å². The Morgan fingerprint density at radius 1 is 1.00 bits per heavy atom. The molecule has 0 aromatic heterocycles. The van der Waals surface area contributed by atoms with E-state index in [0.717, 1.165) is 38.0 Å². The lowest BCUT2D eigenvalue weighted by Crippen LogP contribution is -2.60. The van der Waals surface area contributed by atoms with E-state index in [0.29, 0.717) is 0 Å². The summed E-state index contributed by atoms with van der Waals surface area (Å²) in [6, 6.07) is 1.16. The van der Waals surface area contributed by atoms with E-state index >= 15 is 0 Å². The highest BCUT2D eigenvalue weighted by Gasteiger charge is 2.57. The molecule has 22 heavy (non-hydrogen) atoms. The van der Waals surface area contributed by atoms with E-state index in [2.05, 4.69) is 48.5 Å². The van der Waals surface area contributed by atoms with E-state index in [1.54, 1.807) is 0 Å². The van der Waals surface area contributed by atoms with E-state index in [9.17, 15) is 4.79 Å². The predicted molar refractivity (Wildman–Crippen MR) is 97.9 cm³/mol. The number of carbonyl (C=O) groups is 1. The highest BCUT2D eigenvalue weighted by atomic mass is 28.4. The Morgan fingerprint density at radius 2 is 1.50 bits per heavy atom. The zero-order valence-electron chi connectivity index (χ0n) is 16.1. The Balaban J connectivity index is 3.25. The van der Waals surface area contributed by atoms with Gasteiger partial charge in [0.2, 0.25) is 8.32 Å². The van der Waals surface area contributed by atoms with Gasteiger partial charge in [-0.2, -0.15) is 0 Å². The molecule has 0 spiro atoms. The summed E-state index contributed by atoms with van der Waals surface area (Å²) in [4.78, 5) is 12.0. The topological polar surface area (TPSA) is 26.3 Å². The molecule has 2 nitrogen and oxygen atoms in total. The van der Waals surface area contributed by atoms with Crippen molar-refractivity contribution in [2.75, 3.05) is 0 Å². The molecule has 1 aliphatic carbocycles. The van der Waals surface area contributed by atoms with Gasteiger partial charge in [-0.1, -0.05) is 80.6 Å². The molecule has 0 aromatic carbocycles. The van der Waals surface area contributed by atoms with Crippen LogP contribution in [0.5, 0.6) is 0 Å². The Kier molecular flexibility index (Phi) is 6.48. The summed E-state index contributed by atoms with van der Waals surface area (Å²) in [7, 11) is -2.13. The average molecular weight is 327 g/mol. The van der Waals surface area contributed by atoms with Crippen molar-refractivity contribution < 1.29 is 9.22 Å². The second-order valence-corrected chi connectivity index (χ2v) is 14.6. The minimum absolute atomic E-state index is 0.133. The molecule has 0 N–H and O–H groups in total. The van der Waals surface area contributed by atoms with Crippen LogP contribution in [0.25, 0.3) is 0 Å². The number of unbranched alkanes of at least 4 members (excludes halogenated alkanes) is 1. The Labute approximate surface area is 139 Å². The first kappa shape index (κ1) is 19.9. The fourth-order valence-electron chi connectivity index (χ4n) is 4.40. The standard InChI is InChI=1S/C19H38O2Si/c1-8-9-15-22(17(2,3)4,18(5,6)7)21-19(16-20)13-11-10-12-14-19/h16H,8-15H2,1-7H3. The number of hydrogen-bond acceptors (Lipinski definition) is 2. The maximum absolute atomic E-state index is 12.0. The third-order valence-electron chi connectivity index (χ3n) is 5.60. The minimum Gasteiger partial charge on any atom is -0.404 e. The summed E-state index contributed by atoms with van der Waals surface area (Å²) in [5.74, 6) is 0. The van der Waals surface area contributed by atoms with Crippen molar-refractivity contribution >= 4 is 14.6 Å². The summed E-state index contributed by atoms with van der Waals surface area (Å²) in [5.41, 5.74) is -0.501. The maximum atomic E-state index is 12.0. The molecular formula is C19H38O2Si. The van der Waals surface area contributed by atoms with E-state index in [1.165, 1.54) is 19.3 Å². The van der Waals surface area contributed by atoms with Crippen molar-refractivity contribution in [1.82, 2.24) is 0 Å². The molecule has 3 heteroatoms. The van der Waals surface area contributed by atoms with Gasteiger partial charge in [0, 0.05) is 0 Å². The quantitative estimate of drug-likeness (QED) is 0.426. The van der Waals surface area contributed by atoms with Crippen molar-refractivity contribution in [2.24, 2.45) is 0 Å². The van der Waals surface area contributed by atoms with Gasteiger partial charge in [0.1, 0.15) is 5.60 Å². The highest BCUT2D eigenvalue weighted by molar-refractivity contribution is 6.79. The molecule has 0 unspecified atom stereocenters. The van der Waals surface area contributed by atoms with Crippen LogP contribution in [0, 0.1) is 0 Å². The SMILES string of the molecule is CCCC[Si](OC1(C=O)CCCCC1)(C(C)(C)C)C(C)(C)C.